The number of fused-ring (bicyclic) bond motifs is 1. The van der Waals surface area contributed by atoms with E-state index in [0.29, 0.717) is 16.9 Å². The molecule has 2 rings (SSSR count). The third-order valence-corrected chi connectivity index (χ3v) is 3.13. The first-order valence-corrected chi connectivity index (χ1v) is 5.79. The molecule has 5 heteroatoms. The molecule has 2 N–H and O–H groups in total. The summed E-state index contributed by atoms with van der Waals surface area (Å²) in [6, 6.07) is 3.19. The van der Waals surface area contributed by atoms with Crippen LogP contribution in [0.15, 0.2) is 23.4 Å². The summed E-state index contributed by atoms with van der Waals surface area (Å²) in [6.07, 6.45) is 0. The quantitative estimate of drug-likeness (QED) is 0.836. The number of rotatable bonds is 3. The van der Waals surface area contributed by atoms with E-state index in [1.807, 2.05) is 0 Å². The van der Waals surface area contributed by atoms with Crippen molar-refractivity contribution >= 4 is 11.6 Å². The van der Waals surface area contributed by atoms with E-state index in [1.165, 1.54) is 7.11 Å². The molecule has 19 heavy (non-hydrogen) atoms. The average molecular weight is 261 g/mol. The van der Waals surface area contributed by atoms with Gasteiger partial charge in [-0.3, -0.25) is 9.59 Å². The van der Waals surface area contributed by atoms with Crippen molar-refractivity contribution in [3.8, 4) is 5.75 Å². The summed E-state index contributed by atoms with van der Waals surface area (Å²) in [5.41, 5.74) is 7.36. The third-order valence-electron chi connectivity index (χ3n) is 3.13. The van der Waals surface area contributed by atoms with E-state index in [1.54, 1.807) is 26.0 Å². The molecule has 0 radical (unpaired) electrons. The highest BCUT2D eigenvalue weighted by molar-refractivity contribution is 6.26. The summed E-state index contributed by atoms with van der Waals surface area (Å²) >= 11 is 0. The van der Waals surface area contributed by atoms with E-state index < -0.39 is 0 Å². The molecule has 0 atom stereocenters. The van der Waals surface area contributed by atoms with Crippen molar-refractivity contribution in [2.45, 2.75) is 13.8 Å². The summed E-state index contributed by atoms with van der Waals surface area (Å²) in [7, 11) is 1.51. The second kappa shape index (κ2) is 4.85. The molecule has 1 aromatic carbocycles. The van der Waals surface area contributed by atoms with Crippen molar-refractivity contribution < 1.29 is 19.1 Å². The van der Waals surface area contributed by atoms with E-state index in [2.05, 4.69) is 0 Å². The van der Waals surface area contributed by atoms with Crippen LogP contribution >= 0.6 is 0 Å². The van der Waals surface area contributed by atoms with E-state index >= 15 is 0 Å². The standard InChI is InChI=1S/C14H15NO4/c1-7-4-9-10(5-11(7)19-6-18-3)13(16)8(2)12(15)14(9)17/h4-5H,6,15H2,1-3H3. The highest BCUT2D eigenvalue weighted by Gasteiger charge is 2.29. The Morgan fingerprint density at radius 3 is 2.37 bits per heavy atom. The maximum atomic E-state index is 12.1. The fourth-order valence-electron chi connectivity index (χ4n) is 1.98. The molecule has 100 valence electrons. The van der Waals surface area contributed by atoms with Crippen LogP contribution in [0.3, 0.4) is 0 Å². The van der Waals surface area contributed by atoms with E-state index in [9.17, 15) is 9.59 Å². The van der Waals surface area contributed by atoms with Crippen molar-refractivity contribution in [2.75, 3.05) is 13.9 Å². The van der Waals surface area contributed by atoms with E-state index in [4.69, 9.17) is 15.2 Å². The molecular weight excluding hydrogens is 246 g/mol. The summed E-state index contributed by atoms with van der Waals surface area (Å²) in [6.45, 7) is 3.43. The lowest BCUT2D eigenvalue weighted by Gasteiger charge is -2.18. The summed E-state index contributed by atoms with van der Waals surface area (Å²) in [4.78, 5) is 24.2. The number of benzene rings is 1. The molecule has 0 fully saturated rings. The maximum absolute atomic E-state index is 12.1. The Kier molecular flexibility index (Phi) is 3.40. The summed E-state index contributed by atoms with van der Waals surface area (Å²) < 4.78 is 10.2. The Balaban J connectivity index is 2.54. The van der Waals surface area contributed by atoms with E-state index in [-0.39, 0.29) is 29.6 Å². The zero-order valence-corrected chi connectivity index (χ0v) is 11.1. The second-order valence-corrected chi connectivity index (χ2v) is 4.41. The Hall–Kier alpha value is -2.14. The van der Waals surface area contributed by atoms with Gasteiger partial charge in [0, 0.05) is 23.8 Å². The van der Waals surface area contributed by atoms with Crippen LogP contribution in [0, 0.1) is 6.92 Å². The zero-order valence-electron chi connectivity index (χ0n) is 11.1. The van der Waals surface area contributed by atoms with E-state index in [0.717, 1.165) is 5.56 Å². The van der Waals surface area contributed by atoms with Gasteiger partial charge < -0.3 is 15.2 Å². The van der Waals surface area contributed by atoms with Crippen molar-refractivity contribution in [1.82, 2.24) is 0 Å². The number of ketones is 2. The SMILES string of the molecule is COCOc1cc2c(cc1C)C(=O)C(N)=C(C)C2=O. The van der Waals surface area contributed by atoms with Crippen LogP contribution in [0.4, 0.5) is 0 Å². The lowest BCUT2D eigenvalue weighted by molar-refractivity contribution is 0.0505. The lowest BCUT2D eigenvalue weighted by atomic mass is 9.87. The van der Waals surface area contributed by atoms with Crippen molar-refractivity contribution in [2.24, 2.45) is 5.73 Å². The lowest BCUT2D eigenvalue weighted by Crippen LogP contribution is -2.25. The van der Waals surface area contributed by atoms with Crippen LogP contribution in [-0.4, -0.2) is 25.5 Å². The van der Waals surface area contributed by atoms with Crippen molar-refractivity contribution in [1.29, 1.82) is 0 Å². The predicted molar refractivity (Wildman–Crippen MR) is 69.2 cm³/mol. The topological polar surface area (TPSA) is 78.6 Å². The number of hydrogen-bond donors (Lipinski definition) is 1. The molecule has 0 heterocycles. The number of Topliss-reactive ketones (excluding diaryl/α,β-unsaturated/α-hetero) is 2. The molecular formula is C14H15NO4. The van der Waals surface area contributed by atoms with Crippen molar-refractivity contribution in [3.63, 3.8) is 0 Å². The number of carbonyl (C=O) groups excluding carboxylic acids is 2. The molecule has 5 nitrogen and oxygen atoms in total. The number of ether oxygens (including phenoxy) is 2. The van der Waals surface area contributed by atoms with Gasteiger partial charge in [-0.2, -0.15) is 0 Å². The van der Waals surface area contributed by atoms with Gasteiger partial charge in [-0.25, -0.2) is 0 Å². The molecule has 1 aromatic rings. The molecule has 0 aromatic heterocycles. The van der Waals surface area contributed by atoms with Gasteiger partial charge in [0.2, 0.25) is 5.78 Å². The molecule has 1 aliphatic rings. The molecule has 0 saturated heterocycles. The molecule has 0 unspecified atom stereocenters. The minimum absolute atomic E-state index is 0.0162. The largest absolute Gasteiger partial charge is 0.467 e. The minimum Gasteiger partial charge on any atom is -0.467 e. The van der Waals surface area contributed by atoms with Gasteiger partial charge in [0.05, 0.1) is 5.70 Å². The normalized spacial score (nSPS) is 14.7. The number of hydrogen-bond acceptors (Lipinski definition) is 5. The molecule has 0 saturated carbocycles. The van der Waals surface area contributed by atoms with Crippen LogP contribution in [0.25, 0.3) is 0 Å². The fraction of sp³-hybridized carbons (Fsp3) is 0.286. The van der Waals surface area contributed by atoms with Crippen LogP contribution in [-0.2, 0) is 4.74 Å². The molecule has 1 aliphatic carbocycles. The smallest absolute Gasteiger partial charge is 0.209 e. The Bertz CT molecular complexity index is 602. The third kappa shape index (κ3) is 2.13. The first-order chi connectivity index (χ1) is 8.97. The molecule has 0 bridgehead atoms. The van der Waals surface area contributed by atoms with Gasteiger partial charge in [0.1, 0.15) is 5.75 Å². The van der Waals surface area contributed by atoms with Crippen molar-refractivity contribution in [3.05, 3.63) is 40.1 Å². The van der Waals surface area contributed by atoms with Gasteiger partial charge in [0.25, 0.3) is 0 Å². The highest BCUT2D eigenvalue weighted by atomic mass is 16.7. The van der Waals surface area contributed by atoms with Gasteiger partial charge >= 0.3 is 0 Å². The number of aryl methyl sites for hydroxylation is 1. The first-order valence-electron chi connectivity index (χ1n) is 5.79. The maximum Gasteiger partial charge on any atom is 0.209 e. The Morgan fingerprint density at radius 1 is 1.11 bits per heavy atom. The van der Waals surface area contributed by atoms with Crippen LogP contribution in [0.1, 0.15) is 33.2 Å². The second-order valence-electron chi connectivity index (χ2n) is 4.41. The van der Waals surface area contributed by atoms with Gasteiger partial charge in [-0.1, -0.05) is 0 Å². The Labute approximate surface area is 111 Å². The summed E-state index contributed by atoms with van der Waals surface area (Å²) in [5.74, 6) is -0.0297. The van der Waals surface area contributed by atoms with Crippen LogP contribution < -0.4 is 10.5 Å². The number of methoxy groups -OCH3 is 1. The molecule has 0 aliphatic heterocycles. The predicted octanol–water partition coefficient (Wildman–Crippen LogP) is 1.59. The zero-order chi connectivity index (χ0) is 14.2. The van der Waals surface area contributed by atoms with Crippen LogP contribution in [0.2, 0.25) is 0 Å². The van der Waals surface area contributed by atoms with Gasteiger partial charge in [0.15, 0.2) is 12.6 Å². The number of allylic oxidation sites excluding steroid dienone is 2. The first kappa shape index (κ1) is 13.3. The number of nitrogens with two attached hydrogens (primary N) is 1. The molecule has 0 spiro atoms. The molecule has 0 amide bonds. The fourth-order valence-corrected chi connectivity index (χ4v) is 1.98. The number of carbonyl (C=O) groups is 2. The monoisotopic (exact) mass is 261 g/mol. The van der Waals surface area contributed by atoms with Gasteiger partial charge in [-0.15, -0.1) is 0 Å². The van der Waals surface area contributed by atoms with Crippen LogP contribution in [0.5, 0.6) is 5.75 Å². The van der Waals surface area contributed by atoms with Gasteiger partial charge in [-0.05, 0) is 31.5 Å². The average Bonchev–Trinajstić information content (AvgIpc) is 2.41. The summed E-state index contributed by atoms with van der Waals surface area (Å²) in [5, 5.41) is 0. The highest BCUT2D eigenvalue weighted by Crippen LogP contribution is 2.30. The Morgan fingerprint density at radius 2 is 1.74 bits per heavy atom. The minimum atomic E-state index is -0.312.